The first kappa shape index (κ1) is 36.4. The monoisotopic (exact) mass is 707 g/mol. The zero-order valence-electron chi connectivity index (χ0n) is 30.6. The van der Waals surface area contributed by atoms with Crippen molar-refractivity contribution in [2.75, 3.05) is 6.61 Å². The Bertz CT molecular complexity index is 1660. The number of fused-ring (bicyclic) bond motifs is 2. The zero-order chi connectivity index (χ0) is 35.7. The van der Waals surface area contributed by atoms with Crippen LogP contribution in [-0.2, 0) is 29.8 Å². The van der Waals surface area contributed by atoms with Gasteiger partial charge in [0.25, 0.3) is 8.32 Å². The molecule has 0 aromatic heterocycles. The number of likely N-dealkylation sites (tertiary alicyclic amines) is 1. The lowest BCUT2D eigenvalue weighted by Crippen LogP contribution is -2.66. The fourth-order valence-electron chi connectivity index (χ4n) is 9.19. The van der Waals surface area contributed by atoms with Crippen LogP contribution in [0.3, 0.4) is 0 Å². The van der Waals surface area contributed by atoms with Gasteiger partial charge in [-0.05, 0) is 72.2 Å². The van der Waals surface area contributed by atoms with Gasteiger partial charge < -0.3 is 8.85 Å². The first-order valence-corrected chi connectivity index (χ1v) is 23.6. The number of imide groups is 1. The van der Waals surface area contributed by atoms with Crippen LogP contribution in [0.15, 0.2) is 103 Å². The number of rotatable bonds is 11. The van der Waals surface area contributed by atoms with Gasteiger partial charge in [-0.3, -0.25) is 19.3 Å². The average molecular weight is 708 g/mol. The summed E-state index contributed by atoms with van der Waals surface area (Å²) >= 11 is 0. The van der Waals surface area contributed by atoms with E-state index in [2.05, 4.69) is 113 Å². The quantitative estimate of drug-likeness (QED) is 0.0907. The first-order valence-electron chi connectivity index (χ1n) is 18.3. The highest BCUT2D eigenvalue weighted by Crippen LogP contribution is 2.58. The summed E-state index contributed by atoms with van der Waals surface area (Å²) in [4.78, 5) is 44.7. The van der Waals surface area contributed by atoms with E-state index in [1.54, 1.807) is 0 Å². The number of Topliss-reactive ketones (excluding diaryl/α,β-unsaturated/α-hetero) is 1. The van der Waals surface area contributed by atoms with Gasteiger partial charge in [0.05, 0.1) is 29.9 Å². The van der Waals surface area contributed by atoms with E-state index in [-0.39, 0.29) is 41.5 Å². The molecule has 6 nitrogen and oxygen atoms in total. The molecular formula is C42H53NO5Si2. The molecule has 6 rings (SSSR count). The van der Waals surface area contributed by atoms with Gasteiger partial charge in [-0.2, -0.15) is 0 Å². The number of nitrogens with zero attached hydrogens (tertiary/aromatic N) is 1. The number of allylic oxidation sites excluding steroid dienone is 1. The summed E-state index contributed by atoms with van der Waals surface area (Å²) in [5.41, 5.74) is -0.184. The normalized spacial score (nSPS) is 25.7. The summed E-state index contributed by atoms with van der Waals surface area (Å²) in [7, 11) is -4.89. The summed E-state index contributed by atoms with van der Waals surface area (Å²) < 4.78 is 14.2. The van der Waals surface area contributed by atoms with Crippen LogP contribution in [0.2, 0.25) is 24.7 Å². The van der Waals surface area contributed by atoms with E-state index in [4.69, 9.17) is 8.85 Å². The molecule has 0 bridgehead atoms. The summed E-state index contributed by atoms with van der Waals surface area (Å²) in [6.07, 6.45) is 6.48. The summed E-state index contributed by atoms with van der Waals surface area (Å²) in [5, 5.41) is 2.31. The van der Waals surface area contributed by atoms with E-state index in [0.717, 1.165) is 5.56 Å². The van der Waals surface area contributed by atoms with Crippen molar-refractivity contribution in [3.8, 4) is 0 Å². The molecule has 264 valence electrons. The molecule has 3 aliphatic rings. The molecule has 1 saturated heterocycles. The van der Waals surface area contributed by atoms with Gasteiger partial charge >= 0.3 is 0 Å². The Morgan fingerprint density at radius 2 is 1.40 bits per heavy atom. The fourth-order valence-corrected chi connectivity index (χ4v) is 14.9. The third kappa shape index (κ3) is 6.56. The Balaban J connectivity index is 1.33. The van der Waals surface area contributed by atoms with E-state index in [1.165, 1.54) is 15.3 Å². The molecule has 1 heterocycles. The maximum atomic E-state index is 14.6. The number of ketones is 1. The summed E-state index contributed by atoms with van der Waals surface area (Å²) in [6, 6.07) is 30.9. The summed E-state index contributed by atoms with van der Waals surface area (Å²) in [6.45, 7) is 14.0. The van der Waals surface area contributed by atoms with Crippen molar-refractivity contribution in [3.05, 3.63) is 109 Å². The lowest BCUT2D eigenvalue weighted by molar-refractivity contribution is -0.162. The zero-order valence-corrected chi connectivity index (χ0v) is 32.6. The topological polar surface area (TPSA) is 72.9 Å². The maximum absolute atomic E-state index is 14.6. The Morgan fingerprint density at radius 1 is 0.820 bits per heavy atom. The van der Waals surface area contributed by atoms with Crippen molar-refractivity contribution < 1.29 is 23.2 Å². The van der Waals surface area contributed by atoms with E-state index >= 15 is 0 Å². The van der Waals surface area contributed by atoms with Crippen LogP contribution in [0.1, 0.15) is 58.4 Å². The molecule has 2 amide bonds. The van der Waals surface area contributed by atoms with Crippen LogP contribution in [0.4, 0.5) is 0 Å². The Kier molecular flexibility index (Phi) is 10.4. The molecular weight excluding hydrogens is 655 g/mol. The molecule has 2 unspecified atom stereocenters. The Morgan fingerprint density at radius 3 is 1.96 bits per heavy atom. The molecule has 8 heteroatoms. The molecule has 1 spiro atoms. The molecule has 3 aromatic rings. The first-order chi connectivity index (χ1) is 23.8. The van der Waals surface area contributed by atoms with Gasteiger partial charge in [0.1, 0.15) is 5.78 Å². The number of hydrogen-bond acceptors (Lipinski definition) is 5. The third-order valence-corrected chi connectivity index (χ3v) is 17.2. The number of hydrogen-bond donors (Lipinski definition) is 0. The van der Waals surface area contributed by atoms with Crippen molar-refractivity contribution in [1.29, 1.82) is 0 Å². The van der Waals surface area contributed by atoms with Crippen molar-refractivity contribution >= 4 is 44.6 Å². The van der Waals surface area contributed by atoms with Crippen molar-refractivity contribution in [2.24, 2.45) is 23.2 Å². The van der Waals surface area contributed by atoms with Crippen molar-refractivity contribution in [1.82, 2.24) is 4.90 Å². The van der Waals surface area contributed by atoms with Crippen molar-refractivity contribution in [3.63, 3.8) is 0 Å². The second-order valence-corrected chi connectivity index (χ2v) is 25.1. The predicted molar refractivity (Wildman–Crippen MR) is 204 cm³/mol. The number of carbonyl (C=O) groups excluding carboxylic acids is 3. The van der Waals surface area contributed by atoms with E-state index in [9.17, 15) is 14.4 Å². The maximum Gasteiger partial charge on any atom is 0.261 e. The van der Waals surface area contributed by atoms with E-state index < -0.39 is 40.0 Å². The van der Waals surface area contributed by atoms with Crippen LogP contribution in [0.25, 0.3) is 0 Å². The number of carbonyl (C=O) groups is 3. The van der Waals surface area contributed by atoms with E-state index in [0.29, 0.717) is 32.3 Å². The van der Waals surface area contributed by atoms with Crippen LogP contribution in [0.5, 0.6) is 0 Å². The second-order valence-electron chi connectivity index (χ2n) is 16.4. The second kappa shape index (κ2) is 14.3. The molecule has 5 atom stereocenters. The smallest absolute Gasteiger partial charge is 0.261 e. The standard InChI is InChI=1S/C42H53NO5Si2/c1-41(2,3)50(33-22-12-8-13-23-33,34-24-14-9-15-25-34)47-29-17-21-32-20-16-26-37(48-49(4,5)6)42(32)36(44)28-27-35-38(42)40(46)43(39(35)45)30-31-18-10-7-11-19-31/h7-16,18-20,22-25,32,35,37-38H,17,21,26-30H2,1-6H3/t32-,35?,37+,38?,42+/m1/s1. The molecule has 0 radical (unpaired) electrons. The van der Waals surface area contributed by atoms with Gasteiger partial charge in [-0.25, -0.2) is 0 Å². The molecule has 3 aromatic carbocycles. The highest BCUT2D eigenvalue weighted by molar-refractivity contribution is 6.99. The number of benzene rings is 3. The van der Waals surface area contributed by atoms with Crippen LogP contribution in [0, 0.1) is 23.2 Å². The number of amides is 2. The lowest BCUT2D eigenvalue weighted by atomic mass is 9.51. The van der Waals surface area contributed by atoms with Crippen LogP contribution in [-0.4, -0.2) is 51.8 Å². The average Bonchev–Trinajstić information content (AvgIpc) is 3.32. The lowest BCUT2D eigenvalue weighted by Gasteiger charge is -2.53. The highest BCUT2D eigenvalue weighted by atomic mass is 28.4. The summed E-state index contributed by atoms with van der Waals surface area (Å²) in [5.74, 6) is -1.77. The van der Waals surface area contributed by atoms with Gasteiger partial charge in [0.15, 0.2) is 8.32 Å². The predicted octanol–water partition coefficient (Wildman–Crippen LogP) is 7.29. The fraction of sp³-hybridized carbons (Fsp3) is 0.452. The van der Waals surface area contributed by atoms with Crippen LogP contribution >= 0.6 is 0 Å². The van der Waals surface area contributed by atoms with E-state index in [1.807, 2.05) is 30.3 Å². The molecule has 2 fully saturated rings. The minimum Gasteiger partial charge on any atom is -0.413 e. The largest absolute Gasteiger partial charge is 0.413 e. The molecule has 1 aliphatic heterocycles. The van der Waals surface area contributed by atoms with Gasteiger partial charge in [0, 0.05) is 13.0 Å². The van der Waals surface area contributed by atoms with Gasteiger partial charge in [0.2, 0.25) is 11.8 Å². The molecule has 1 saturated carbocycles. The van der Waals surface area contributed by atoms with Crippen molar-refractivity contribution in [2.45, 2.75) is 90.2 Å². The molecule has 2 aliphatic carbocycles. The highest BCUT2D eigenvalue weighted by Gasteiger charge is 2.68. The van der Waals surface area contributed by atoms with Crippen LogP contribution < -0.4 is 10.4 Å². The van der Waals surface area contributed by atoms with Gasteiger partial charge in [-0.15, -0.1) is 0 Å². The minimum atomic E-state index is -2.74. The Labute approximate surface area is 300 Å². The Hall–Kier alpha value is -3.44. The molecule has 0 N–H and O–H groups in total. The third-order valence-electron chi connectivity index (χ3n) is 11.1. The molecule has 50 heavy (non-hydrogen) atoms. The SMILES string of the molecule is CC(C)(C)[Si](OCCC[C@H]1C=CC[C@H](O[Si](C)(C)C)[C@@]12C(=O)CCC1C(=O)N(Cc3ccccc3)C(=O)C12)(c1ccccc1)c1ccccc1. The van der Waals surface area contributed by atoms with Gasteiger partial charge in [-0.1, -0.05) is 124 Å². The minimum absolute atomic E-state index is 0.0759.